The van der Waals surface area contributed by atoms with Crippen LogP contribution >= 0.6 is 0 Å². The number of nitrogens with zero attached hydrogens (tertiary/aromatic N) is 1. The van der Waals surface area contributed by atoms with E-state index < -0.39 is 0 Å². The third-order valence-corrected chi connectivity index (χ3v) is 3.83. The van der Waals surface area contributed by atoms with Gasteiger partial charge in [-0.15, -0.1) is 0 Å². The van der Waals surface area contributed by atoms with Crippen molar-refractivity contribution in [3.63, 3.8) is 0 Å². The van der Waals surface area contributed by atoms with E-state index in [1.54, 1.807) is 7.11 Å². The molecule has 0 bridgehead atoms. The summed E-state index contributed by atoms with van der Waals surface area (Å²) >= 11 is 0. The van der Waals surface area contributed by atoms with Crippen molar-refractivity contribution in [2.45, 2.75) is 26.2 Å². The van der Waals surface area contributed by atoms with Crippen LogP contribution in [0, 0.1) is 5.92 Å². The quantitative estimate of drug-likeness (QED) is 0.737. The third-order valence-electron chi connectivity index (χ3n) is 3.83. The minimum absolute atomic E-state index is 0.191. The summed E-state index contributed by atoms with van der Waals surface area (Å²) in [4.78, 5) is 14.5. The van der Waals surface area contributed by atoms with Crippen molar-refractivity contribution in [3.05, 3.63) is 29.8 Å². The minimum atomic E-state index is 0.191. The molecule has 3 nitrogen and oxygen atoms in total. The molecule has 1 aliphatic rings. The summed E-state index contributed by atoms with van der Waals surface area (Å²) in [6.07, 6.45) is 3.76. The second-order valence-electron chi connectivity index (χ2n) is 5.33. The summed E-state index contributed by atoms with van der Waals surface area (Å²) in [5.41, 5.74) is 0.748. The van der Waals surface area contributed by atoms with Gasteiger partial charge in [-0.05, 0) is 37.4 Å². The average Bonchev–Trinajstić information content (AvgIpc) is 2.86. The Labute approximate surface area is 115 Å². The van der Waals surface area contributed by atoms with Gasteiger partial charge in [0.1, 0.15) is 5.75 Å². The zero-order valence-corrected chi connectivity index (χ0v) is 11.9. The Morgan fingerprint density at radius 3 is 3.05 bits per heavy atom. The van der Waals surface area contributed by atoms with Crippen LogP contribution in [0.4, 0.5) is 0 Å². The first-order valence-electron chi connectivity index (χ1n) is 7.12. The predicted molar refractivity (Wildman–Crippen MR) is 76.8 cm³/mol. The first kappa shape index (κ1) is 14.1. The molecule has 104 valence electrons. The highest BCUT2D eigenvalue weighted by atomic mass is 16.5. The average molecular weight is 261 g/mol. The van der Waals surface area contributed by atoms with E-state index in [-0.39, 0.29) is 5.78 Å². The molecule has 2 rings (SSSR count). The summed E-state index contributed by atoms with van der Waals surface area (Å²) in [5, 5.41) is 0. The maximum absolute atomic E-state index is 12.2. The maximum Gasteiger partial charge on any atom is 0.176 e. The fourth-order valence-electron chi connectivity index (χ4n) is 2.79. The van der Waals surface area contributed by atoms with Gasteiger partial charge in [0.25, 0.3) is 0 Å². The number of ether oxygens (including phenoxy) is 1. The van der Waals surface area contributed by atoms with E-state index in [9.17, 15) is 4.79 Å². The van der Waals surface area contributed by atoms with E-state index in [0.717, 1.165) is 30.3 Å². The third kappa shape index (κ3) is 3.80. The van der Waals surface area contributed by atoms with E-state index in [1.165, 1.54) is 19.3 Å². The first-order chi connectivity index (χ1) is 9.22. The van der Waals surface area contributed by atoms with Crippen molar-refractivity contribution in [1.29, 1.82) is 0 Å². The second kappa shape index (κ2) is 6.71. The van der Waals surface area contributed by atoms with E-state index in [4.69, 9.17) is 4.74 Å². The van der Waals surface area contributed by atoms with Gasteiger partial charge in [-0.3, -0.25) is 9.69 Å². The predicted octanol–water partition coefficient (Wildman–Crippen LogP) is 3.00. The highest BCUT2D eigenvalue weighted by Crippen LogP contribution is 2.21. The zero-order valence-electron chi connectivity index (χ0n) is 11.9. The molecular formula is C16H23NO2. The van der Waals surface area contributed by atoms with Crippen LogP contribution in [-0.2, 0) is 0 Å². The molecule has 1 aromatic carbocycles. The van der Waals surface area contributed by atoms with Gasteiger partial charge < -0.3 is 4.74 Å². The summed E-state index contributed by atoms with van der Waals surface area (Å²) in [7, 11) is 1.62. The number of Topliss-reactive ketones (excluding diaryl/α,β-unsaturated/α-hetero) is 1. The fraction of sp³-hybridized carbons (Fsp3) is 0.562. The lowest BCUT2D eigenvalue weighted by Crippen LogP contribution is -2.27. The maximum atomic E-state index is 12.2. The normalized spacial score (nSPS) is 19.6. The van der Waals surface area contributed by atoms with Crippen molar-refractivity contribution in [1.82, 2.24) is 4.90 Å². The summed E-state index contributed by atoms with van der Waals surface area (Å²) in [5.74, 6) is 1.72. The molecule has 0 N–H and O–H groups in total. The highest BCUT2D eigenvalue weighted by molar-refractivity contribution is 5.97. The van der Waals surface area contributed by atoms with E-state index in [1.807, 2.05) is 24.3 Å². The molecule has 0 radical (unpaired) electrons. The van der Waals surface area contributed by atoms with Gasteiger partial charge >= 0.3 is 0 Å². The lowest BCUT2D eigenvalue weighted by Gasteiger charge is -2.15. The van der Waals surface area contributed by atoms with Crippen molar-refractivity contribution >= 4 is 5.78 Å². The first-order valence-corrected chi connectivity index (χ1v) is 7.12. The fourth-order valence-corrected chi connectivity index (χ4v) is 2.79. The molecule has 0 aliphatic carbocycles. The number of ketones is 1. The van der Waals surface area contributed by atoms with Gasteiger partial charge in [-0.25, -0.2) is 0 Å². The summed E-state index contributed by atoms with van der Waals surface area (Å²) in [6, 6.07) is 7.42. The number of methoxy groups -OCH3 is 1. The van der Waals surface area contributed by atoms with Crippen molar-refractivity contribution in [2.24, 2.45) is 5.92 Å². The van der Waals surface area contributed by atoms with Gasteiger partial charge in [0, 0.05) is 12.1 Å². The van der Waals surface area contributed by atoms with Crippen LogP contribution in [0.2, 0.25) is 0 Å². The molecule has 19 heavy (non-hydrogen) atoms. The number of hydrogen-bond donors (Lipinski definition) is 0. The molecule has 1 saturated heterocycles. The molecule has 3 heteroatoms. The zero-order chi connectivity index (χ0) is 13.7. The largest absolute Gasteiger partial charge is 0.497 e. The van der Waals surface area contributed by atoms with E-state index >= 15 is 0 Å². The van der Waals surface area contributed by atoms with Gasteiger partial charge in [0.05, 0.1) is 13.7 Å². The Balaban J connectivity index is 1.90. The Hall–Kier alpha value is -1.35. The van der Waals surface area contributed by atoms with Crippen LogP contribution in [0.3, 0.4) is 0 Å². The lowest BCUT2D eigenvalue weighted by atomic mass is 10.0. The van der Waals surface area contributed by atoms with Crippen LogP contribution in [0.5, 0.6) is 5.75 Å². The minimum Gasteiger partial charge on any atom is -0.497 e. The van der Waals surface area contributed by atoms with E-state index in [2.05, 4.69) is 11.8 Å². The standard InChI is InChI=1S/C16H23NO2/c1-3-5-13-8-9-17(11-13)12-16(18)14-6-4-7-15(10-14)19-2/h4,6-7,10,13H,3,5,8-9,11-12H2,1-2H3. The van der Waals surface area contributed by atoms with Crippen molar-refractivity contribution in [2.75, 3.05) is 26.7 Å². The monoisotopic (exact) mass is 261 g/mol. The Kier molecular flexibility index (Phi) is 4.97. The molecule has 1 atom stereocenters. The molecule has 0 saturated carbocycles. The number of benzene rings is 1. The second-order valence-corrected chi connectivity index (χ2v) is 5.33. The Bertz CT molecular complexity index is 431. The van der Waals surface area contributed by atoms with Crippen molar-refractivity contribution in [3.8, 4) is 5.75 Å². The van der Waals surface area contributed by atoms with Gasteiger partial charge in [-0.2, -0.15) is 0 Å². The van der Waals surface area contributed by atoms with Gasteiger partial charge in [0.2, 0.25) is 0 Å². The van der Waals surface area contributed by atoms with E-state index in [0.29, 0.717) is 6.54 Å². The van der Waals surface area contributed by atoms with Crippen LogP contribution in [0.1, 0.15) is 36.5 Å². The molecule has 1 aromatic rings. The molecule has 1 heterocycles. The smallest absolute Gasteiger partial charge is 0.176 e. The number of carbonyl (C=O) groups is 1. The topological polar surface area (TPSA) is 29.5 Å². The highest BCUT2D eigenvalue weighted by Gasteiger charge is 2.23. The van der Waals surface area contributed by atoms with Gasteiger partial charge in [0.15, 0.2) is 5.78 Å². The SMILES string of the molecule is CCCC1CCN(CC(=O)c2cccc(OC)c2)C1. The Morgan fingerprint density at radius 1 is 1.47 bits per heavy atom. The molecule has 1 aliphatic heterocycles. The molecule has 0 spiro atoms. The molecule has 0 aromatic heterocycles. The summed E-state index contributed by atoms with van der Waals surface area (Å²) in [6.45, 7) is 4.89. The lowest BCUT2D eigenvalue weighted by molar-refractivity contribution is 0.0942. The number of rotatable bonds is 6. The van der Waals surface area contributed by atoms with Gasteiger partial charge in [-0.1, -0.05) is 25.5 Å². The number of hydrogen-bond acceptors (Lipinski definition) is 3. The number of carbonyl (C=O) groups excluding carboxylic acids is 1. The van der Waals surface area contributed by atoms with Crippen LogP contribution in [-0.4, -0.2) is 37.4 Å². The van der Waals surface area contributed by atoms with Crippen LogP contribution < -0.4 is 4.74 Å². The summed E-state index contributed by atoms with van der Waals surface area (Å²) < 4.78 is 5.16. The van der Waals surface area contributed by atoms with Crippen LogP contribution in [0.15, 0.2) is 24.3 Å². The molecule has 1 unspecified atom stereocenters. The Morgan fingerprint density at radius 2 is 2.32 bits per heavy atom. The van der Waals surface area contributed by atoms with Crippen LogP contribution in [0.25, 0.3) is 0 Å². The number of likely N-dealkylation sites (tertiary alicyclic amines) is 1. The molecule has 1 fully saturated rings. The molecular weight excluding hydrogens is 238 g/mol. The molecule has 0 amide bonds. The van der Waals surface area contributed by atoms with Crippen molar-refractivity contribution < 1.29 is 9.53 Å².